The molecular weight excluding hydrogens is 719 g/mol. The Kier molecular flexibility index (Phi) is 39.8. The highest BCUT2D eigenvalue weighted by molar-refractivity contribution is 5.70. The first-order valence-corrected chi connectivity index (χ1v) is 24.2. The normalized spacial score (nSPS) is 12.8. The van der Waals surface area contributed by atoms with Crippen LogP contribution < -0.4 is 5.11 Å². The fourth-order valence-electron chi connectivity index (χ4n) is 7.07. The number of hydrogen-bond donors (Lipinski definition) is 0. The van der Waals surface area contributed by atoms with E-state index in [0.717, 1.165) is 38.5 Å². The van der Waals surface area contributed by atoms with Crippen LogP contribution in [-0.2, 0) is 33.3 Å². The maximum Gasteiger partial charge on any atom is 0.306 e. The Balaban J connectivity index is 4.32. The lowest BCUT2D eigenvalue weighted by Crippen LogP contribution is -2.44. The summed E-state index contributed by atoms with van der Waals surface area (Å²) < 4.78 is 22.6. The Hall–Kier alpha value is -1.71. The van der Waals surface area contributed by atoms with E-state index in [-0.39, 0.29) is 32.2 Å². The van der Waals surface area contributed by atoms with Crippen molar-refractivity contribution in [2.45, 2.75) is 245 Å². The van der Waals surface area contributed by atoms with E-state index in [9.17, 15) is 19.5 Å². The average Bonchev–Trinajstić information content (AvgIpc) is 3.17. The number of ether oxygens (including phenoxy) is 4. The molecule has 0 amide bonds. The fourth-order valence-corrected chi connectivity index (χ4v) is 7.07. The van der Waals surface area contributed by atoms with Crippen molar-refractivity contribution in [3.63, 3.8) is 0 Å². The summed E-state index contributed by atoms with van der Waals surface area (Å²) in [7, 11) is 5.92. The third kappa shape index (κ3) is 42.2. The monoisotopic (exact) mass is 812 g/mol. The van der Waals surface area contributed by atoms with Gasteiger partial charge in [-0.25, -0.2) is 0 Å². The van der Waals surface area contributed by atoms with E-state index in [2.05, 4.69) is 13.8 Å². The van der Waals surface area contributed by atoms with E-state index >= 15 is 0 Å². The van der Waals surface area contributed by atoms with Crippen molar-refractivity contribution in [2.24, 2.45) is 0 Å². The Morgan fingerprint density at radius 1 is 0.456 bits per heavy atom. The molecule has 2 unspecified atom stereocenters. The van der Waals surface area contributed by atoms with E-state index in [1.54, 1.807) is 0 Å². The molecule has 338 valence electrons. The number of likely N-dealkylation sites (N-methyl/N-ethyl adjacent to an activating group) is 1. The fraction of sp³-hybridized carbons (Fsp3) is 0.938. The van der Waals surface area contributed by atoms with Gasteiger partial charge in [-0.05, 0) is 12.8 Å². The van der Waals surface area contributed by atoms with Crippen molar-refractivity contribution >= 4 is 17.9 Å². The molecule has 0 fully saturated rings. The molecule has 0 aromatic carbocycles. The molecule has 0 saturated carbocycles. The zero-order valence-electron chi connectivity index (χ0n) is 38.2. The molecule has 0 rings (SSSR count). The zero-order chi connectivity index (χ0) is 42.1. The molecular formula is C48H93NO8. The molecule has 0 bridgehead atoms. The number of nitrogens with zero attached hydrogens (tertiary/aromatic N) is 1. The largest absolute Gasteiger partial charge is 0.545 e. The summed E-state index contributed by atoms with van der Waals surface area (Å²) in [5.74, 6) is -2.26. The molecule has 0 heterocycles. The Morgan fingerprint density at radius 2 is 0.789 bits per heavy atom. The number of aliphatic carboxylic acids is 1. The second-order valence-corrected chi connectivity index (χ2v) is 17.8. The van der Waals surface area contributed by atoms with Crippen molar-refractivity contribution in [1.82, 2.24) is 0 Å². The standard InChI is InChI=1S/C48H93NO8/c1-6-8-10-12-14-16-18-20-21-22-23-24-25-27-29-31-33-35-37-39-46(51)57-44(43-56-48(47(52)53)54-41-40-49(3,4)5)42-55-45(50)38-36-34-32-30-28-26-19-17-15-13-11-9-7-2/h44,48H,6-43H2,1-5H3. The zero-order valence-corrected chi connectivity index (χ0v) is 38.2. The highest BCUT2D eigenvalue weighted by atomic mass is 16.7. The summed E-state index contributed by atoms with van der Waals surface area (Å²) in [6.45, 7) is 4.78. The van der Waals surface area contributed by atoms with Gasteiger partial charge >= 0.3 is 11.9 Å². The average molecular weight is 812 g/mol. The molecule has 0 aliphatic heterocycles. The molecule has 0 spiro atoms. The summed E-state index contributed by atoms with van der Waals surface area (Å²) in [5, 5.41) is 11.7. The smallest absolute Gasteiger partial charge is 0.306 e. The Labute approximate surface area is 352 Å². The molecule has 0 saturated heterocycles. The quantitative estimate of drug-likeness (QED) is 0.0259. The van der Waals surface area contributed by atoms with E-state index in [0.29, 0.717) is 17.4 Å². The second-order valence-electron chi connectivity index (χ2n) is 17.8. The van der Waals surface area contributed by atoms with Crippen molar-refractivity contribution in [2.75, 3.05) is 47.5 Å². The minimum absolute atomic E-state index is 0.153. The second kappa shape index (κ2) is 41.0. The molecule has 0 N–H and O–H groups in total. The van der Waals surface area contributed by atoms with Crippen molar-refractivity contribution < 1.29 is 42.9 Å². The number of quaternary nitrogens is 1. The number of carboxylic acid groups (broad SMARTS) is 1. The van der Waals surface area contributed by atoms with E-state index in [1.807, 2.05) is 21.1 Å². The van der Waals surface area contributed by atoms with Crippen LogP contribution in [0.2, 0.25) is 0 Å². The Morgan fingerprint density at radius 3 is 1.12 bits per heavy atom. The molecule has 0 aliphatic carbocycles. The van der Waals surface area contributed by atoms with Crippen LogP contribution in [0.25, 0.3) is 0 Å². The highest BCUT2D eigenvalue weighted by Gasteiger charge is 2.22. The van der Waals surface area contributed by atoms with Crippen LogP contribution in [-0.4, -0.2) is 82.3 Å². The van der Waals surface area contributed by atoms with Crippen LogP contribution in [0.5, 0.6) is 0 Å². The first-order chi connectivity index (χ1) is 27.6. The maximum atomic E-state index is 12.8. The van der Waals surface area contributed by atoms with Gasteiger partial charge in [0, 0.05) is 12.8 Å². The van der Waals surface area contributed by atoms with Crippen LogP contribution in [0.4, 0.5) is 0 Å². The number of carboxylic acids is 1. The van der Waals surface area contributed by atoms with Gasteiger partial charge in [0.2, 0.25) is 0 Å². The van der Waals surface area contributed by atoms with E-state index in [4.69, 9.17) is 18.9 Å². The van der Waals surface area contributed by atoms with Crippen molar-refractivity contribution in [3.05, 3.63) is 0 Å². The minimum atomic E-state index is -1.61. The van der Waals surface area contributed by atoms with Gasteiger partial charge in [0.1, 0.15) is 13.2 Å². The SMILES string of the molecule is CCCCCCCCCCCCCCCCCCCCCC(=O)OC(COC(=O)CCCCCCCCCCCCCCC)COC(OCC[N+](C)(C)C)C(=O)[O-]. The van der Waals surface area contributed by atoms with Crippen LogP contribution in [0, 0.1) is 0 Å². The third-order valence-corrected chi connectivity index (χ3v) is 10.9. The molecule has 2 atom stereocenters. The number of hydrogen-bond acceptors (Lipinski definition) is 8. The number of carbonyl (C=O) groups is 3. The van der Waals surface area contributed by atoms with Crippen LogP contribution in [0.1, 0.15) is 232 Å². The lowest BCUT2D eigenvalue weighted by atomic mass is 10.0. The van der Waals surface area contributed by atoms with E-state index in [1.165, 1.54) is 167 Å². The number of rotatable bonds is 45. The number of esters is 2. The molecule has 0 aromatic rings. The summed E-state index contributed by atoms with van der Waals surface area (Å²) in [6, 6.07) is 0. The molecule has 9 heteroatoms. The summed E-state index contributed by atoms with van der Waals surface area (Å²) >= 11 is 0. The van der Waals surface area contributed by atoms with Gasteiger partial charge in [0.25, 0.3) is 0 Å². The van der Waals surface area contributed by atoms with Crippen LogP contribution in [0.3, 0.4) is 0 Å². The van der Waals surface area contributed by atoms with Gasteiger partial charge in [-0.15, -0.1) is 0 Å². The van der Waals surface area contributed by atoms with Gasteiger partial charge in [0.15, 0.2) is 12.4 Å². The van der Waals surface area contributed by atoms with Gasteiger partial charge in [0.05, 0.1) is 40.3 Å². The predicted molar refractivity (Wildman–Crippen MR) is 233 cm³/mol. The Bertz CT molecular complexity index is 907. The number of unbranched alkanes of at least 4 members (excludes halogenated alkanes) is 30. The lowest BCUT2D eigenvalue weighted by molar-refractivity contribution is -0.870. The highest BCUT2D eigenvalue weighted by Crippen LogP contribution is 2.16. The first kappa shape index (κ1) is 55.3. The molecule has 9 nitrogen and oxygen atoms in total. The van der Waals surface area contributed by atoms with E-state index < -0.39 is 24.3 Å². The van der Waals surface area contributed by atoms with Crippen molar-refractivity contribution in [3.8, 4) is 0 Å². The molecule has 0 aromatic heterocycles. The maximum absolute atomic E-state index is 12.8. The third-order valence-electron chi connectivity index (χ3n) is 10.9. The van der Waals surface area contributed by atoms with Crippen LogP contribution in [0.15, 0.2) is 0 Å². The van der Waals surface area contributed by atoms with Crippen molar-refractivity contribution in [1.29, 1.82) is 0 Å². The predicted octanol–water partition coefficient (Wildman–Crippen LogP) is 11.6. The summed E-state index contributed by atoms with van der Waals surface area (Å²) in [5.41, 5.74) is 0. The van der Waals surface area contributed by atoms with Gasteiger partial charge in [-0.1, -0.05) is 206 Å². The minimum Gasteiger partial charge on any atom is -0.545 e. The molecule has 0 radical (unpaired) electrons. The summed E-state index contributed by atoms with van der Waals surface area (Å²) in [6.07, 6.45) is 38.4. The van der Waals surface area contributed by atoms with Gasteiger partial charge in [-0.2, -0.15) is 0 Å². The lowest BCUT2D eigenvalue weighted by Gasteiger charge is -2.26. The molecule has 0 aliphatic rings. The first-order valence-electron chi connectivity index (χ1n) is 24.2. The molecule has 57 heavy (non-hydrogen) atoms. The summed E-state index contributed by atoms with van der Waals surface area (Å²) in [4.78, 5) is 37.0. The van der Waals surface area contributed by atoms with Gasteiger partial charge < -0.3 is 33.3 Å². The van der Waals surface area contributed by atoms with Crippen LogP contribution >= 0.6 is 0 Å². The number of carbonyl (C=O) groups excluding carboxylic acids is 3. The van der Waals surface area contributed by atoms with Gasteiger partial charge in [-0.3, -0.25) is 9.59 Å². The topological polar surface area (TPSA) is 111 Å².